The molecule has 0 spiro atoms. The van der Waals surface area contributed by atoms with E-state index < -0.39 is 0 Å². The van der Waals surface area contributed by atoms with E-state index in [1.807, 2.05) is 18.5 Å². The third-order valence-electron chi connectivity index (χ3n) is 2.08. The summed E-state index contributed by atoms with van der Waals surface area (Å²) in [7, 11) is 2.07. The van der Waals surface area contributed by atoms with Gasteiger partial charge in [0.2, 0.25) is 6.41 Å². The highest BCUT2D eigenvalue weighted by atomic mass is 16.1. The Balaban J connectivity index is 0.000000293. The monoisotopic (exact) mass is 191 g/mol. The van der Waals surface area contributed by atoms with Gasteiger partial charge in [0, 0.05) is 30.5 Å². The maximum atomic E-state index is 8.58. The van der Waals surface area contributed by atoms with Gasteiger partial charge in [0.05, 0.1) is 5.52 Å². The molecule has 0 aliphatic rings. The molecule has 0 saturated heterocycles. The summed E-state index contributed by atoms with van der Waals surface area (Å²) in [4.78, 5) is 12.6. The Morgan fingerprint density at radius 1 is 1.57 bits per heavy atom. The molecule has 0 atom stereocenters. The standard InChI is InChI=1S/C9H10N2.CH3NO/c1-7-5-8-6-10-4-3-9(8)11(7)2;2-1-3/h3-6H,1-2H3;1H,(H2,2,3). The van der Waals surface area contributed by atoms with E-state index in [9.17, 15) is 0 Å². The molecule has 0 radical (unpaired) electrons. The number of pyridine rings is 1. The third-order valence-corrected chi connectivity index (χ3v) is 2.08. The molecule has 0 saturated carbocycles. The van der Waals surface area contributed by atoms with E-state index >= 15 is 0 Å². The Hall–Kier alpha value is -1.84. The number of aromatic nitrogens is 2. The fourth-order valence-electron chi connectivity index (χ4n) is 1.33. The number of hydrogen-bond donors (Lipinski definition) is 1. The second-order valence-corrected chi connectivity index (χ2v) is 2.92. The number of rotatable bonds is 0. The molecule has 2 aromatic heterocycles. The highest BCUT2D eigenvalue weighted by molar-refractivity contribution is 5.79. The maximum Gasteiger partial charge on any atom is 0.204 e. The van der Waals surface area contributed by atoms with Crippen molar-refractivity contribution in [2.24, 2.45) is 12.8 Å². The van der Waals surface area contributed by atoms with E-state index in [-0.39, 0.29) is 6.41 Å². The summed E-state index contributed by atoms with van der Waals surface area (Å²) in [6.07, 6.45) is 3.96. The maximum absolute atomic E-state index is 8.58. The van der Waals surface area contributed by atoms with Crippen LogP contribution in [0.1, 0.15) is 5.69 Å². The summed E-state index contributed by atoms with van der Waals surface area (Å²) in [5.74, 6) is 0. The molecule has 2 heterocycles. The molecular weight excluding hydrogens is 178 g/mol. The molecule has 0 aromatic carbocycles. The molecule has 2 rings (SSSR count). The molecule has 2 N–H and O–H groups in total. The van der Waals surface area contributed by atoms with Gasteiger partial charge in [-0.15, -0.1) is 0 Å². The van der Waals surface area contributed by atoms with Crippen molar-refractivity contribution < 1.29 is 4.79 Å². The highest BCUT2D eigenvalue weighted by Gasteiger charge is 1.99. The smallest absolute Gasteiger partial charge is 0.204 e. The molecule has 0 fully saturated rings. The normalized spacial score (nSPS) is 9.29. The Morgan fingerprint density at radius 3 is 2.79 bits per heavy atom. The van der Waals surface area contributed by atoms with Gasteiger partial charge >= 0.3 is 0 Å². The Morgan fingerprint density at radius 2 is 2.21 bits per heavy atom. The molecule has 0 unspecified atom stereocenters. The van der Waals surface area contributed by atoms with Crippen LogP contribution in [0.4, 0.5) is 0 Å². The second-order valence-electron chi connectivity index (χ2n) is 2.92. The van der Waals surface area contributed by atoms with Crippen molar-refractivity contribution >= 4 is 17.3 Å². The van der Waals surface area contributed by atoms with Crippen LogP contribution in [0, 0.1) is 6.92 Å². The number of aryl methyl sites for hydroxylation is 2. The summed E-state index contributed by atoms with van der Waals surface area (Å²) in [6.45, 7) is 2.10. The summed E-state index contributed by atoms with van der Waals surface area (Å²) in [5, 5.41) is 1.22. The molecule has 4 nitrogen and oxygen atoms in total. The van der Waals surface area contributed by atoms with Gasteiger partial charge in [0.15, 0.2) is 0 Å². The zero-order chi connectivity index (χ0) is 10.6. The average Bonchev–Trinajstić information content (AvgIpc) is 2.45. The first-order chi connectivity index (χ1) is 6.70. The van der Waals surface area contributed by atoms with Crippen molar-refractivity contribution in [3.8, 4) is 0 Å². The van der Waals surface area contributed by atoms with Gasteiger partial charge in [0.25, 0.3) is 0 Å². The lowest BCUT2D eigenvalue weighted by molar-refractivity contribution is -0.106. The van der Waals surface area contributed by atoms with Crippen LogP contribution < -0.4 is 5.73 Å². The van der Waals surface area contributed by atoms with Crippen molar-refractivity contribution in [3.63, 3.8) is 0 Å². The lowest BCUT2D eigenvalue weighted by atomic mass is 10.3. The van der Waals surface area contributed by atoms with E-state index in [0.717, 1.165) is 0 Å². The van der Waals surface area contributed by atoms with Gasteiger partial charge in [-0.05, 0) is 19.1 Å². The van der Waals surface area contributed by atoms with Crippen LogP contribution in [0.15, 0.2) is 24.5 Å². The predicted molar refractivity (Wildman–Crippen MR) is 55.7 cm³/mol. The number of primary amides is 1. The number of fused-ring (bicyclic) bond motifs is 1. The number of hydrogen-bond acceptors (Lipinski definition) is 2. The van der Waals surface area contributed by atoms with Gasteiger partial charge in [-0.1, -0.05) is 0 Å². The SMILES string of the molecule is Cc1cc2cnccc2n1C.NC=O. The molecular formula is C10H13N3O. The second kappa shape index (κ2) is 4.41. The topological polar surface area (TPSA) is 60.9 Å². The minimum Gasteiger partial charge on any atom is -0.372 e. The van der Waals surface area contributed by atoms with Crippen LogP contribution in [-0.4, -0.2) is 16.0 Å². The Bertz CT molecular complexity index is 434. The first-order valence-corrected chi connectivity index (χ1v) is 4.22. The molecule has 0 aliphatic carbocycles. The van der Waals surface area contributed by atoms with Crippen LogP contribution in [0.25, 0.3) is 10.9 Å². The number of nitrogens with zero attached hydrogens (tertiary/aromatic N) is 2. The first kappa shape index (κ1) is 10.2. The molecule has 2 aromatic rings. The fraction of sp³-hybridized carbons (Fsp3) is 0.200. The lowest BCUT2D eigenvalue weighted by Gasteiger charge is -1.96. The van der Waals surface area contributed by atoms with E-state index in [1.54, 1.807) is 0 Å². The first-order valence-electron chi connectivity index (χ1n) is 4.22. The third kappa shape index (κ3) is 1.90. The van der Waals surface area contributed by atoms with Crippen LogP contribution in [0.3, 0.4) is 0 Å². The average molecular weight is 191 g/mol. The van der Waals surface area contributed by atoms with Crippen molar-refractivity contribution in [2.45, 2.75) is 6.92 Å². The number of carbonyl (C=O) groups is 1. The van der Waals surface area contributed by atoms with E-state index in [1.165, 1.54) is 16.6 Å². The Labute approximate surface area is 82.4 Å². The van der Waals surface area contributed by atoms with E-state index in [0.29, 0.717) is 0 Å². The van der Waals surface area contributed by atoms with Crippen molar-refractivity contribution in [2.75, 3.05) is 0 Å². The zero-order valence-corrected chi connectivity index (χ0v) is 8.27. The molecule has 4 heteroatoms. The summed E-state index contributed by atoms with van der Waals surface area (Å²) < 4.78 is 2.16. The fourth-order valence-corrected chi connectivity index (χ4v) is 1.33. The highest BCUT2D eigenvalue weighted by Crippen LogP contribution is 2.15. The van der Waals surface area contributed by atoms with Crippen LogP contribution in [0.5, 0.6) is 0 Å². The number of carbonyl (C=O) groups excluding carboxylic acids is 1. The van der Waals surface area contributed by atoms with E-state index in [4.69, 9.17) is 4.79 Å². The van der Waals surface area contributed by atoms with Gasteiger partial charge in [-0.25, -0.2) is 0 Å². The van der Waals surface area contributed by atoms with Crippen LogP contribution in [0.2, 0.25) is 0 Å². The van der Waals surface area contributed by atoms with Crippen LogP contribution >= 0.6 is 0 Å². The van der Waals surface area contributed by atoms with Gasteiger partial charge in [-0.2, -0.15) is 0 Å². The summed E-state index contributed by atoms with van der Waals surface area (Å²) >= 11 is 0. The molecule has 74 valence electrons. The van der Waals surface area contributed by atoms with Crippen molar-refractivity contribution in [1.82, 2.24) is 9.55 Å². The number of nitrogens with two attached hydrogens (primary N) is 1. The van der Waals surface area contributed by atoms with Crippen molar-refractivity contribution in [3.05, 3.63) is 30.2 Å². The summed E-state index contributed by atoms with van der Waals surface area (Å²) in [6, 6.07) is 4.17. The molecule has 1 amide bonds. The largest absolute Gasteiger partial charge is 0.372 e. The number of amides is 1. The van der Waals surface area contributed by atoms with Gasteiger partial charge < -0.3 is 10.3 Å². The van der Waals surface area contributed by atoms with Gasteiger partial charge in [0.1, 0.15) is 0 Å². The van der Waals surface area contributed by atoms with Crippen LogP contribution in [-0.2, 0) is 11.8 Å². The Kier molecular flexibility index (Phi) is 3.23. The molecule has 0 bridgehead atoms. The molecule has 0 aliphatic heterocycles. The summed E-state index contributed by atoms with van der Waals surface area (Å²) in [5.41, 5.74) is 6.69. The van der Waals surface area contributed by atoms with E-state index in [2.05, 4.69) is 35.3 Å². The minimum atomic E-state index is 0.250. The van der Waals surface area contributed by atoms with Crippen molar-refractivity contribution in [1.29, 1.82) is 0 Å². The predicted octanol–water partition coefficient (Wildman–Crippen LogP) is 0.983. The quantitative estimate of drug-likeness (QED) is 0.631. The zero-order valence-electron chi connectivity index (χ0n) is 8.27. The molecule has 14 heavy (non-hydrogen) atoms. The lowest BCUT2D eigenvalue weighted by Crippen LogP contribution is -1.88. The van der Waals surface area contributed by atoms with Gasteiger partial charge in [-0.3, -0.25) is 9.78 Å². The minimum absolute atomic E-state index is 0.250.